The lowest BCUT2D eigenvalue weighted by atomic mass is 10.0. The molecule has 0 aliphatic rings. The summed E-state index contributed by atoms with van der Waals surface area (Å²) in [6.07, 6.45) is 1.87. The van der Waals surface area contributed by atoms with E-state index >= 15 is 0 Å². The highest BCUT2D eigenvalue weighted by Gasteiger charge is 2.17. The number of fused-ring (bicyclic) bond motifs is 1. The van der Waals surface area contributed by atoms with Crippen molar-refractivity contribution in [2.45, 2.75) is 13.0 Å². The minimum Gasteiger partial charge on any atom is -0.496 e. The van der Waals surface area contributed by atoms with Gasteiger partial charge >= 0.3 is 0 Å². The molecule has 1 atom stereocenters. The fourth-order valence-electron chi connectivity index (χ4n) is 2.65. The molecule has 0 saturated carbocycles. The molecule has 0 aliphatic heterocycles. The van der Waals surface area contributed by atoms with Crippen molar-refractivity contribution in [1.82, 2.24) is 14.9 Å². The number of nitrogens with one attached hydrogen (secondary N) is 1. The first-order valence-corrected chi connectivity index (χ1v) is 7.03. The topological polar surface area (TPSA) is 39.1 Å². The van der Waals surface area contributed by atoms with Crippen LogP contribution in [-0.4, -0.2) is 23.7 Å². The van der Waals surface area contributed by atoms with E-state index in [9.17, 15) is 0 Å². The van der Waals surface area contributed by atoms with E-state index in [4.69, 9.17) is 4.74 Å². The van der Waals surface area contributed by atoms with Gasteiger partial charge in [0.25, 0.3) is 0 Å². The molecule has 2 aromatic carbocycles. The van der Waals surface area contributed by atoms with Crippen LogP contribution in [-0.2, 0) is 0 Å². The summed E-state index contributed by atoms with van der Waals surface area (Å²) in [5.41, 5.74) is 4.30. The minimum atomic E-state index is 0.178. The summed E-state index contributed by atoms with van der Waals surface area (Å²) in [5, 5.41) is 3.29. The number of benzene rings is 2. The molecule has 0 amide bonds. The number of methoxy groups -OCH3 is 1. The Balaban J connectivity index is 2.27. The Morgan fingerprint density at radius 3 is 2.71 bits per heavy atom. The molecular weight excluding hydrogens is 262 g/mol. The van der Waals surface area contributed by atoms with Crippen LogP contribution in [0.5, 0.6) is 5.75 Å². The maximum atomic E-state index is 5.55. The van der Waals surface area contributed by atoms with Crippen molar-refractivity contribution in [2.24, 2.45) is 0 Å². The van der Waals surface area contributed by atoms with Crippen molar-refractivity contribution >= 4 is 11.0 Å². The van der Waals surface area contributed by atoms with Gasteiger partial charge in [0.05, 0.1) is 23.8 Å². The first-order valence-electron chi connectivity index (χ1n) is 7.03. The second-order valence-electron chi connectivity index (χ2n) is 5.01. The van der Waals surface area contributed by atoms with Crippen LogP contribution in [0.3, 0.4) is 0 Å². The van der Waals surface area contributed by atoms with Crippen LogP contribution in [0.4, 0.5) is 0 Å². The van der Waals surface area contributed by atoms with Crippen molar-refractivity contribution in [2.75, 3.05) is 14.2 Å². The SMILES string of the molecule is CNC(C)c1c(OC)cccc1-n1cnc2ccccc21. The van der Waals surface area contributed by atoms with Gasteiger partial charge in [-0.3, -0.25) is 4.57 Å². The van der Waals surface area contributed by atoms with Gasteiger partial charge in [-0.2, -0.15) is 0 Å². The average molecular weight is 281 g/mol. The Morgan fingerprint density at radius 2 is 1.95 bits per heavy atom. The minimum absolute atomic E-state index is 0.178. The van der Waals surface area contributed by atoms with E-state index in [2.05, 4.69) is 33.9 Å². The summed E-state index contributed by atoms with van der Waals surface area (Å²) in [6, 6.07) is 14.4. The number of ether oxygens (including phenoxy) is 1. The molecule has 0 fully saturated rings. The Hall–Kier alpha value is -2.33. The lowest BCUT2D eigenvalue weighted by Gasteiger charge is -2.20. The number of nitrogens with zero attached hydrogens (tertiary/aromatic N) is 2. The molecule has 0 spiro atoms. The molecule has 0 radical (unpaired) electrons. The van der Waals surface area contributed by atoms with Crippen LogP contribution in [0.2, 0.25) is 0 Å². The van der Waals surface area contributed by atoms with Crippen molar-refractivity contribution in [3.8, 4) is 11.4 Å². The van der Waals surface area contributed by atoms with Crippen LogP contribution < -0.4 is 10.1 Å². The van der Waals surface area contributed by atoms with Gasteiger partial charge in [0.1, 0.15) is 12.1 Å². The van der Waals surface area contributed by atoms with Gasteiger partial charge in [-0.05, 0) is 38.2 Å². The average Bonchev–Trinajstić information content (AvgIpc) is 2.97. The highest BCUT2D eigenvalue weighted by Crippen LogP contribution is 2.32. The standard InChI is InChI=1S/C17H19N3O/c1-12(18-2)17-15(9-6-10-16(17)21-3)20-11-19-13-7-4-5-8-14(13)20/h4-12,18H,1-3H3. The van der Waals surface area contributed by atoms with Gasteiger partial charge in [0, 0.05) is 11.6 Å². The Labute approximate surface area is 124 Å². The first kappa shape index (κ1) is 13.6. The van der Waals surface area contributed by atoms with E-state index in [0.717, 1.165) is 28.0 Å². The third-order valence-electron chi connectivity index (χ3n) is 3.84. The van der Waals surface area contributed by atoms with Gasteiger partial charge in [-0.1, -0.05) is 18.2 Å². The lowest BCUT2D eigenvalue weighted by Crippen LogP contribution is -2.16. The number of hydrogen-bond donors (Lipinski definition) is 1. The molecule has 1 unspecified atom stereocenters. The summed E-state index contributed by atoms with van der Waals surface area (Å²) in [7, 11) is 3.66. The quantitative estimate of drug-likeness (QED) is 0.797. The van der Waals surface area contributed by atoms with E-state index in [1.807, 2.05) is 43.7 Å². The van der Waals surface area contributed by atoms with E-state index in [-0.39, 0.29) is 6.04 Å². The van der Waals surface area contributed by atoms with Gasteiger partial charge < -0.3 is 10.1 Å². The predicted octanol–water partition coefficient (Wildman–Crippen LogP) is 3.31. The molecule has 1 aromatic heterocycles. The third kappa shape index (κ3) is 2.28. The zero-order valence-electron chi connectivity index (χ0n) is 12.5. The van der Waals surface area contributed by atoms with Crippen LogP contribution in [0.1, 0.15) is 18.5 Å². The number of para-hydroxylation sites is 2. The molecule has 3 aromatic rings. The maximum absolute atomic E-state index is 5.55. The number of imidazole rings is 1. The molecule has 0 aliphatic carbocycles. The smallest absolute Gasteiger partial charge is 0.125 e. The highest BCUT2D eigenvalue weighted by atomic mass is 16.5. The molecule has 21 heavy (non-hydrogen) atoms. The predicted molar refractivity (Wildman–Crippen MR) is 85.1 cm³/mol. The van der Waals surface area contributed by atoms with Gasteiger partial charge in [-0.25, -0.2) is 4.98 Å². The monoisotopic (exact) mass is 281 g/mol. The van der Waals surface area contributed by atoms with E-state index < -0.39 is 0 Å². The fraction of sp³-hybridized carbons (Fsp3) is 0.235. The summed E-state index contributed by atoms with van der Waals surface area (Å²) in [5.74, 6) is 0.882. The number of rotatable bonds is 4. The van der Waals surface area contributed by atoms with Gasteiger partial charge in [-0.15, -0.1) is 0 Å². The summed E-state index contributed by atoms with van der Waals surface area (Å²) in [6.45, 7) is 2.13. The molecule has 4 nitrogen and oxygen atoms in total. The molecular formula is C17H19N3O. The van der Waals surface area contributed by atoms with Crippen molar-refractivity contribution in [3.05, 3.63) is 54.4 Å². The normalized spacial score (nSPS) is 12.5. The molecule has 0 saturated heterocycles. The van der Waals surface area contributed by atoms with Crippen LogP contribution >= 0.6 is 0 Å². The van der Waals surface area contributed by atoms with Crippen molar-refractivity contribution in [3.63, 3.8) is 0 Å². The van der Waals surface area contributed by atoms with Gasteiger partial charge in [0.15, 0.2) is 0 Å². The van der Waals surface area contributed by atoms with Crippen molar-refractivity contribution in [1.29, 1.82) is 0 Å². The second kappa shape index (κ2) is 5.58. The van der Waals surface area contributed by atoms with Crippen molar-refractivity contribution < 1.29 is 4.74 Å². The fourth-order valence-corrected chi connectivity index (χ4v) is 2.65. The first-order chi connectivity index (χ1) is 10.3. The molecule has 1 heterocycles. The zero-order chi connectivity index (χ0) is 14.8. The van der Waals surface area contributed by atoms with Gasteiger partial charge in [0.2, 0.25) is 0 Å². The van der Waals surface area contributed by atoms with E-state index in [1.165, 1.54) is 0 Å². The number of hydrogen-bond acceptors (Lipinski definition) is 3. The lowest BCUT2D eigenvalue weighted by molar-refractivity contribution is 0.403. The second-order valence-corrected chi connectivity index (χ2v) is 5.01. The summed E-state index contributed by atoms with van der Waals surface area (Å²) >= 11 is 0. The largest absolute Gasteiger partial charge is 0.496 e. The summed E-state index contributed by atoms with van der Waals surface area (Å²) < 4.78 is 7.66. The van der Waals surface area contributed by atoms with Crippen LogP contribution in [0.15, 0.2) is 48.8 Å². The Kier molecular flexibility index (Phi) is 3.62. The molecule has 4 heteroatoms. The van der Waals surface area contributed by atoms with E-state index in [1.54, 1.807) is 7.11 Å². The number of aromatic nitrogens is 2. The summed E-state index contributed by atoms with van der Waals surface area (Å²) in [4.78, 5) is 4.48. The van der Waals surface area contributed by atoms with Crippen LogP contribution in [0, 0.1) is 0 Å². The third-order valence-corrected chi connectivity index (χ3v) is 3.84. The maximum Gasteiger partial charge on any atom is 0.125 e. The molecule has 3 rings (SSSR count). The zero-order valence-corrected chi connectivity index (χ0v) is 12.5. The molecule has 108 valence electrons. The van der Waals surface area contributed by atoms with Crippen LogP contribution in [0.25, 0.3) is 16.7 Å². The van der Waals surface area contributed by atoms with E-state index in [0.29, 0.717) is 0 Å². The molecule has 1 N–H and O–H groups in total. The Bertz CT molecular complexity index is 764. The highest BCUT2D eigenvalue weighted by molar-refractivity contribution is 5.77. The molecule has 0 bridgehead atoms. The Morgan fingerprint density at radius 1 is 1.14 bits per heavy atom.